The van der Waals surface area contributed by atoms with Gasteiger partial charge in [-0.3, -0.25) is 4.79 Å². The number of carbonyl (C=O) groups excluding carboxylic acids is 1. The molecule has 0 bridgehead atoms. The number of carbonyl (C=O) groups is 1. The minimum atomic E-state index is -0.207. The van der Waals surface area contributed by atoms with E-state index >= 15 is 0 Å². The van der Waals surface area contributed by atoms with E-state index < -0.39 is 0 Å². The molecule has 0 aromatic heterocycles. The fourth-order valence-corrected chi connectivity index (χ4v) is 4.01. The van der Waals surface area contributed by atoms with Crippen LogP contribution in [0.1, 0.15) is 44.6 Å². The van der Waals surface area contributed by atoms with Gasteiger partial charge in [0, 0.05) is 30.1 Å². The zero-order valence-corrected chi connectivity index (χ0v) is 11.6. The second-order valence-electron chi connectivity index (χ2n) is 6.11. The van der Waals surface area contributed by atoms with Crippen LogP contribution < -0.4 is 10.6 Å². The first kappa shape index (κ1) is 12.5. The first-order chi connectivity index (χ1) is 9.13. The maximum atomic E-state index is 11.1. The number of hydrogen-bond donors (Lipinski definition) is 1. The highest BCUT2D eigenvalue weighted by Gasteiger charge is 2.48. The molecule has 19 heavy (non-hydrogen) atoms. The summed E-state index contributed by atoms with van der Waals surface area (Å²) in [5.74, 6) is -0.207. The Balaban J connectivity index is 1.97. The molecule has 3 rings (SSSR count). The lowest BCUT2D eigenvalue weighted by Crippen LogP contribution is -2.46. The lowest BCUT2D eigenvalue weighted by Gasteiger charge is -2.40. The van der Waals surface area contributed by atoms with E-state index in [-0.39, 0.29) is 11.3 Å². The third kappa shape index (κ3) is 1.92. The van der Waals surface area contributed by atoms with Gasteiger partial charge in [-0.1, -0.05) is 38.0 Å². The predicted molar refractivity (Wildman–Crippen MR) is 77.2 cm³/mol. The van der Waals surface area contributed by atoms with Gasteiger partial charge in [0.25, 0.3) is 0 Å². The van der Waals surface area contributed by atoms with Gasteiger partial charge in [0.05, 0.1) is 0 Å². The van der Waals surface area contributed by atoms with Crippen LogP contribution in [0, 0.1) is 0 Å². The SMILES string of the molecule is C[C@@]12CCCC[C@@H]1N(CCC(N)=O)c1ccccc12. The fraction of sp³-hybridized carbons (Fsp3) is 0.562. The number of nitrogens with zero attached hydrogens (tertiary/aromatic N) is 1. The molecule has 0 unspecified atom stereocenters. The van der Waals surface area contributed by atoms with Gasteiger partial charge >= 0.3 is 0 Å². The summed E-state index contributed by atoms with van der Waals surface area (Å²) in [4.78, 5) is 13.5. The number of primary amides is 1. The number of nitrogens with two attached hydrogens (primary N) is 1. The quantitative estimate of drug-likeness (QED) is 0.905. The van der Waals surface area contributed by atoms with Crippen molar-refractivity contribution in [3.05, 3.63) is 29.8 Å². The minimum Gasteiger partial charge on any atom is -0.370 e. The van der Waals surface area contributed by atoms with E-state index in [1.807, 2.05) is 0 Å². The lowest BCUT2D eigenvalue weighted by atomic mass is 9.69. The second kappa shape index (κ2) is 4.55. The Hall–Kier alpha value is -1.51. The first-order valence-corrected chi connectivity index (χ1v) is 7.27. The standard InChI is InChI=1S/C16H22N2O/c1-16-10-5-4-8-14(16)18(11-9-15(17)19)13-7-3-2-6-12(13)16/h2-3,6-7,14H,4-5,8-11H2,1H3,(H2,17,19)/t14-,16-/m0/s1. The van der Waals surface area contributed by atoms with E-state index in [0.717, 1.165) is 6.54 Å². The molecule has 1 aromatic carbocycles. The van der Waals surface area contributed by atoms with E-state index in [4.69, 9.17) is 5.73 Å². The van der Waals surface area contributed by atoms with E-state index in [9.17, 15) is 4.79 Å². The van der Waals surface area contributed by atoms with E-state index in [0.29, 0.717) is 12.5 Å². The van der Waals surface area contributed by atoms with Crippen LogP contribution in [0.15, 0.2) is 24.3 Å². The zero-order chi connectivity index (χ0) is 13.5. The van der Waals surface area contributed by atoms with E-state index in [2.05, 4.69) is 36.1 Å². The molecule has 0 saturated heterocycles. The molecule has 3 nitrogen and oxygen atoms in total. The summed E-state index contributed by atoms with van der Waals surface area (Å²) in [7, 11) is 0. The molecule has 1 fully saturated rings. The van der Waals surface area contributed by atoms with Gasteiger partial charge in [0.15, 0.2) is 0 Å². The Kier molecular flexibility index (Phi) is 3.00. The number of fused-ring (bicyclic) bond motifs is 3. The highest BCUT2D eigenvalue weighted by molar-refractivity contribution is 5.75. The number of benzene rings is 1. The molecule has 3 heteroatoms. The molecule has 2 N–H and O–H groups in total. The number of hydrogen-bond acceptors (Lipinski definition) is 2. The van der Waals surface area contributed by atoms with Crippen LogP contribution in [0.25, 0.3) is 0 Å². The molecule has 102 valence electrons. The Labute approximate surface area is 114 Å². The summed E-state index contributed by atoms with van der Waals surface area (Å²) >= 11 is 0. The summed E-state index contributed by atoms with van der Waals surface area (Å²) < 4.78 is 0. The monoisotopic (exact) mass is 258 g/mol. The Morgan fingerprint density at radius 3 is 3.00 bits per heavy atom. The highest BCUT2D eigenvalue weighted by atomic mass is 16.1. The molecule has 1 amide bonds. The molecule has 1 aromatic rings. The van der Waals surface area contributed by atoms with Crippen molar-refractivity contribution in [2.24, 2.45) is 5.73 Å². The minimum absolute atomic E-state index is 0.207. The summed E-state index contributed by atoms with van der Waals surface area (Å²) in [6.07, 6.45) is 5.53. The molecule has 1 heterocycles. The van der Waals surface area contributed by atoms with Crippen molar-refractivity contribution in [3.8, 4) is 0 Å². The van der Waals surface area contributed by atoms with Crippen molar-refractivity contribution in [2.75, 3.05) is 11.4 Å². The van der Waals surface area contributed by atoms with Crippen molar-refractivity contribution < 1.29 is 4.79 Å². The zero-order valence-electron chi connectivity index (χ0n) is 11.6. The predicted octanol–water partition coefficient (Wildman–Crippen LogP) is 2.58. The van der Waals surface area contributed by atoms with Gasteiger partial charge in [-0.2, -0.15) is 0 Å². The molecule has 1 aliphatic carbocycles. The van der Waals surface area contributed by atoms with Crippen molar-refractivity contribution in [2.45, 2.75) is 50.5 Å². The average molecular weight is 258 g/mol. The Bertz CT molecular complexity index is 499. The van der Waals surface area contributed by atoms with Crippen LogP contribution in [0.4, 0.5) is 5.69 Å². The van der Waals surface area contributed by atoms with Gasteiger partial charge < -0.3 is 10.6 Å². The normalized spacial score (nSPS) is 28.9. The molecular weight excluding hydrogens is 236 g/mol. The van der Waals surface area contributed by atoms with E-state index in [1.54, 1.807) is 0 Å². The van der Waals surface area contributed by atoms with Crippen LogP contribution in [0.3, 0.4) is 0 Å². The number of para-hydroxylation sites is 1. The molecule has 2 atom stereocenters. The first-order valence-electron chi connectivity index (χ1n) is 7.27. The van der Waals surface area contributed by atoms with Gasteiger partial charge in [0.1, 0.15) is 0 Å². The summed E-state index contributed by atoms with van der Waals surface area (Å²) in [5, 5.41) is 0. The van der Waals surface area contributed by atoms with E-state index in [1.165, 1.54) is 36.9 Å². The number of anilines is 1. The third-order valence-corrected chi connectivity index (χ3v) is 4.96. The summed E-state index contributed by atoms with van der Waals surface area (Å²) in [5.41, 5.74) is 8.36. The van der Waals surface area contributed by atoms with Gasteiger partial charge in [-0.25, -0.2) is 0 Å². The molecule has 1 aliphatic heterocycles. The van der Waals surface area contributed by atoms with Crippen molar-refractivity contribution in [1.82, 2.24) is 0 Å². The highest BCUT2D eigenvalue weighted by Crippen LogP contribution is 2.51. The second-order valence-corrected chi connectivity index (χ2v) is 6.11. The maximum absolute atomic E-state index is 11.1. The van der Waals surface area contributed by atoms with Crippen LogP contribution in [-0.2, 0) is 10.2 Å². The fourth-order valence-electron chi connectivity index (χ4n) is 4.01. The molecule has 0 spiro atoms. The van der Waals surface area contributed by atoms with Gasteiger partial charge in [0.2, 0.25) is 5.91 Å². The number of rotatable bonds is 3. The van der Waals surface area contributed by atoms with Crippen molar-refractivity contribution in [1.29, 1.82) is 0 Å². The Morgan fingerprint density at radius 1 is 1.42 bits per heavy atom. The average Bonchev–Trinajstić information content (AvgIpc) is 2.66. The smallest absolute Gasteiger partial charge is 0.219 e. The summed E-state index contributed by atoms with van der Waals surface area (Å²) in [6, 6.07) is 9.22. The molecular formula is C16H22N2O. The summed E-state index contributed by atoms with van der Waals surface area (Å²) in [6.45, 7) is 3.15. The van der Waals surface area contributed by atoms with Crippen LogP contribution >= 0.6 is 0 Å². The largest absolute Gasteiger partial charge is 0.370 e. The lowest BCUT2D eigenvalue weighted by molar-refractivity contribution is -0.117. The van der Waals surface area contributed by atoms with Crippen LogP contribution in [0.2, 0.25) is 0 Å². The van der Waals surface area contributed by atoms with Crippen LogP contribution in [0.5, 0.6) is 0 Å². The topological polar surface area (TPSA) is 46.3 Å². The van der Waals surface area contributed by atoms with Crippen LogP contribution in [-0.4, -0.2) is 18.5 Å². The molecule has 2 aliphatic rings. The van der Waals surface area contributed by atoms with Crippen molar-refractivity contribution in [3.63, 3.8) is 0 Å². The van der Waals surface area contributed by atoms with Crippen molar-refractivity contribution >= 4 is 11.6 Å². The third-order valence-electron chi connectivity index (χ3n) is 4.96. The van der Waals surface area contributed by atoms with Gasteiger partial charge in [-0.05, 0) is 24.5 Å². The molecule has 1 saturated carbocycles. The Morgan fingerprint density at radius 2 is 2.21 bits per heavy atom. The van der Waals surface area contributed by atoms with Gasteiger partial charge in [-0.15, -0.1) is 0 Å². The molecule has 0 radical (unpaired) electrons. The maximum Gasteiger partial charge on any atom is 0.219 e. The number of amides is 1.